The van der Waals surface area contributed by atoms with Crippen molar-refractivity contribution in [3.63, 3.8) is 0 Å². The third-order valence-electron chi connectivity index (χ3n) is 1.18. The highest BCUT2D eigenvalue weighted by Crippen LogP contribution is 1.99. The molecule has 3 N–H and O–H groups in total. The molecular formula is C6H11F2NO3. The van der Waals surface area contributed by atoms with Crippen LogP contribution < -0.4 is 5.32 Å². The molecule has 0 aliphatic rings. The predicted molar refractivity (Wildman–Crippen MR) is 36.7 cm³/mol. The molecule has 6 heteroatoms. The molecule has 0 aromatic rings. The average molecular weight is 183 g/mol. The van der Waals surface area contributed by atoms with Crippen LogP contribution in [0.2, 0.25) is 0 Å². The van der Waals surface area contributed by atoms with Crippen molar-refractivity contribution in [1.29, 1.82) is 0 Å². The number of rotatable bonds is 4. The van der Waals surface area contributed by atoms with Crippen molar-refractivity contribution < 1.29 is 23.8 Å². The van der Waals surface area contributed by atoms with Crippen LogP contribution in [0.5, 0.6) is 0 Å². The lowest BCUT2D eigenvalue weighted by molar-refractivity contribution is -0.133. The average Bonchev–Trinajstić information content (AvgIpc) is 2.00. The van der Waals surface area contributed by atoms with Crippen LogP contribution in [0.1, 0.15) is 6.92 Å². The molecule has 0 aliphatic carbocycles. The maximum absolute atomic E-state index is 11.6. The second kappa shape index (κ2) is 4.32. The van der Waals surface area contributed by atoms with E-state index < -0.39 is 31.1 Å². The standard InChI is InChI=1S/C6H11F2NO3/c1-6(12,3-10)2-9-5(11)4(7)8/h4,10,12H,2-3H2,1H3,(H,9,11). The van der Waals surface area contributed by atoms with E-state index in [4.69, 9.17) is 10.2 Å². The number of halogens is 2. The lowest BCUT2D eigenvalue weighted by atomic mass is 10.1. The number of hydrogen-bond acceptors (Lipinski definition) is 3. The molecule has 0 aromatic carbocycles. The molecule has 0 saturated carbocycles. The van der Waals surface area contributed by atoms with Crippen molar-refractivity contribution in [1.82, 2.24) is 5.32 Å². The normalized spacial score (nSPS) is 15.8. The highest BCUT2D eigenvalue weighted by Gasteiger charge is 2.22. The van der Waals surface area contributed by atoms with Gasteiger partial charge in [-0.1, -0.05) is 0 Å². The molecule has 0 aromatic heterocycles. The second-order valence-electron chi connectivity index (χ2n) is 2.67. The lowest BCUT2D eigenvalue weighted by Crippen LogP contribution is -2.44. The first-order chi connectivity index (χ1) is 5.39. The SMILES string of the molecule is CC(O)(CO)CNC(=O)C(F)F. The van der Waals surface area contributed by atoms with Crippen LogP contribution in [-0.4, -0.2) is 41.3 Å². The minimum Gasteiger partial charge on any atom is -0.393 e. The van der Waals surface area contributed by atoms with Gasteiger partial charge < -0.3 is 15.5 Å². The van der Waals surface area contributed by atoms with Crippen LogP contribution in [0.15, 0.2) is 0 Å². The van der Waals surface area contributed by atoms with Crippen molar-refractivity contribution >= 4 is 5.91 Å². The number of amides is 1. The molecule has 1 unspecified atom stereocenters. The fourth-order valence-corrected chi connectivity index (χ4v) is 0.411. The number of aliphatic hydroxyl groups is 2. The fourth-order valence-electron chi connectivity index (χ4n) is 0.411. The van der Waals surface area contributed by atoms with Gasteiger partial charge in [0.05, 0.1) is 6.61 Å². The molecule has 0 bridgehead atoms. The van der Waals surface area contributed by atoms with Gasteiger partial charge in [0.1, 0.15) is 5.60 Å². The number of alkyl halides is 2. The van der Waals surface area contributed by atoms with Gasteiger partial charge in [0, 0.05) is 6.54 Å². The Morgan fingerprint density at radius 3 is 2.50 bits per heavy atom. The maximum atomic E-state index is 11.6. The number of carbonyl (C=O) groups excluding carboxylic acids is 1. The van der Waals surface area contributed by atoms with Crippen molar-refractivity contribution in [3.05, 3.63) is 0 Å². The quantitative estimate of drug-likeness (QED) is 0.529. The topological polar surface area (TPSA) is 69.6 Å². The Hall–Kier alpha value is -0.750. The number of aliphatic hydroxyl groups excluding tert-OH is 1. The van der Waals surface area contributed by atoms with E-state index in [0.29, 0.717) is 0 Å². The molecular weight excluding hydrogens is 172 g/mol. The van der Waals surface area contributed by atoms with Gasteiger partial charge >= 0.3 is 6.43 Å². The summed E-state index contributed by atoms with van der Waals surface area (Å²) in [6.07, 6.45) is -3.10. The minimum absolute atomic E-state index is 0.396. The Balaban J connectivity index is 3.76. The predicted octanol–water partition coefficient (Wildman–Crippen LogP) is -0.889. The zero-order valence-electron chi connectivity index (χ0n) is 6.55. The smallest absolute Gasteiger partial charge is 0.315 e. The van der Waals surface area contributed by atoms with Gasteiger partial charge in [-0.25, -0.2) is 0 Å². The van der Waals surface area contributed by atoms with E-state index in [9.17, 15) is 13.6 Å². The molecule has 72 valence electrons. The van der Waals surface area contributed by atoms with E-state index in [1.165, 1.54) is 6.92 Å². The molecule has 1 atom stereocenters. The number of carbonyl (C=O) groups is 1. The number of nitrogens with one attached hydrogen (secondary N) is 1. The van der Waals surface area contributed by atoms with Crippen molar-refractivity contribution in [2.45, 2.75) is 19.0 Å². The summed E-state index contributed by atoms with van der Waals surface area (Å²) in [7, 11) is 0. The molecule has 12 heavy (non-hydrogen) atoms. The molecule has 0 saturated heterocycles. The third-order valence-corrected chi connectivity index (χ3v) is 1.18. The fraction of sp³-hybridized carbons (Fsp3) is 0.833. The maximum Gasteiger partial charge on any atom is 0.315 e. The van der Waals surface area contributed by atoms with E-state index in [-0.39, 0.29) is 0 Å². The summed E-state index contributed by atoms with van der Waals surface area (Å²) in [5.41, 5.74) is -1.55. The highest BCUT2D eigenvalue weighted by molar-refractivity contribution is 5.79. The molecule has 0 radical (unpaired) electrons. The van der Waals surface area contributed by atoms with Gasteiger partial charge in [-0.2, -0.15) is 8.78 Å². The van der Waals surface area contributed by atoms with Crippen LogP contribution >= 0.6 is 0 Å². The van der Waals surface area contributed by atoms with E-state index in [2.05, 4.69) is 0 Å². The summed E-state index contributed by atoms with van der Waals surface area (Å²) in [5, 5.41) is 19.3. The van der Waals surface area contributed by atoms with Crippen LogP contribution in [0.4, 0.5) is 8.78 Å². The van der Waals surface area contributed by atoms with Crippen LogP contribution in [0.3, 0.4) is 0 Å². The molecule has 0 aliphatic heterocycles. The molecule has 0 spiro atoms. The van der Waals surface area contributed by atoms with Crippen molar-refractivity contribution in [2.24, 2.45) is 0 Å². The number of hydrogen-bond donors (Lipinski definition) is 3. The largest absolute Gasteiger partial charge is 0.393 e. The Kier molecular flexibility index (Phi) is 4.05. The summed E-state index contributed by atoms with van der Waals surface area (Å²) in [6.45, 7) is 0.224. The summed E-state index contributed by atoms with van der Waals surface area (Å²) in [6, 6.07) is 0. The van der Waals surface area contributed by atoms with Gasteiger partial charge in [-0.05, 0) is 6.92 Å². The molecule has 0 rings (SSSR count). The summed E-state index contributed by atoms with van der Waals surface area (Å²) < 4.78 is 23.1. The molecule has 0 heterocycles. The lowest BCUT2D eigenvalue weighted by Gasteiger charge is -2.20. The van der Waals surface area contributed by atoms with E-state index in [1.54, 1.807) is 5.32 Å². The molecule has 0 fully saturated rings. The van der Waals surface area contributed by atoms with E-state index in [1.807, 2.05) is 0 Å². The van der Waals surface area contributed by atoms with Gasteiger partial charge in [-0.3, -0.25) is 4.79 Å². The Bertz CT molecular complexity index is 161. The first-order valence-electron chi connectivity index (χ1n) is 3.28. The Morgan fingerprint density at radius 1 is 1.67 bits per heavy atom. The van der Waals surface area contributed by atoms with Gasteiger partial charge in [0.2, 0.25) is 0 Å². The van der Waals surface area contributed by atoms with Crippen molar-refractivity contribution in [3.8, 4) is 0 Å². The summed E-state index contributed by atoms with van der Waals surface area (Å²) in [4.78, 5) is 10.3. The Labute approximate surface area is 68.2 Å². The summed E-state index contributed by atoms with van der Waals surface area (Å²) >= 11 is 0. The van der Waals surface area contributed by atoms with E-state index in [0.717, 1.165) is 0 Å². The van der Waals surface area contributed by atoms with Gasteiger partial charge in [0.25, 0.3) is 5.91 Å². The van der Waals surface area contributed by atoms with Gasteiger partial charge in [-0.15, -0.1) is 0 Å². The monoisotopic (exact) mass is 183 g/mol. The van der Waals surface area contributed by atoms with Crippen LogP contribution in [0.25, 0.3) is 0 Å². The molecule has 4 nitrogen and oxygen atoms in total. The first kappa shape index (κ1) is 11.2. The zero-order valence-corrected chi connectivity index (χ0v) is 6.55. The zero-order chi connectivity index (χ0) is 9.78. The third kappa shape index (κ3) is 4.20. The van der Waals surface area contributed by atoms with E-state index >= 15 is 0 Å². The minimum atomic E-state index is -3.10. The van der Waals surface area contributed by atoms with Crippen molar-refractivity contribution in [2.75, 3.05) is 13.2 Å². The Morgan fingerprint density at radius 2 is 2.17 bits per heavy atom. The molecule has 1 amide bonds. The highest BCUT2D eigenvalue weighted by atomic mass is 19.3. The van der Waals surface area contributed by atoms with Gasteiger partial charge in [0.15, 0.2) is 0 Å². The second-order valence-corrected chi connectivity index (χ2v) is 2.67. The summed E-state index contributed by atoms with van der Waals surface area (Å²) in [5.74, 6) is -1.45. The van der Waals surface area contributed by atoms with Crippen LogP contribution in [0, 0.1) is 0 Å². The first-order valence-corrected chi connectivity index (χ1v) is 3.28. The van der Waals surface area contributed by atoms with Crippen LogP contribution in [-0.2, 0) is 4.79 Å².